The van der Waals surface area contributed by atoms with Crippen LogP contribution in [0.2, 0.25) is 0 Å². The first-order valence-corrected chi connectivity index (χ1v) is 12.9. The summed E-state index contributed by atoms with van der Waals surface area (Å²) in [7, 11) is 0. The van der Waals surface area contributed by atoms with Gasteiger partial charge in [0.05, 0.1) is 0 Å². The lowest BCUT2D eigenvalue weighted by atomic mass is 9.84. The Morgan fingerprint density at radius 2 is 0.605 bits per heavy atom. The molecule has 38 heavy (non-hydrogen) atoms. The molecule has 0 aromatic heterocycles. The van der Waals surface area contributed by atoms with Gasteiger partial charge in [0, 0.05) is 0 Å². The summed E-state index contributed by atoms with van der Waals surface area (Å²) in [5, 5.41) is 2.62. The fraction of sp³-hybridized carbons (Fsp3) is 0. The van der Waals surface area contributed by atoms with Crippen molar-refractivity contribution < 1.29 is 0 Å². The van der Waals surface area contributed by atoms with Gasteiger partial charge in [-0.3, -0.25) is 0 Å². The topological polar surface area (TPSA) is 0 Å². The summed E-state index contributed by atoms with van der Waals surface area (Å²) in [5.74, 6) is 0. The van der Waals surface area contributed by atoms with Gasteiger partial charge in [0.2, 0.25) is 0 Å². The predicted octanol–water partition coefficient (Wildman–Crippen LogP) is 10.2. The molecule has 6 rings (SSSR count). The quantitative estimate of drug-likeness (QED) is 0.168. The highest BCUT2D eigenvalue weighted by Gasteiger charge is 2.17. The SMILES string of the molecule is C=C(C(=C(c1ccccc1)c1ccccc1)c1ccccc1)c1ccccc1.c1ccc2ccccc2c1. The lowest BCUT2D eigenvalue weighted by Gasteiger charge is -2.19. The second kappa shape index (κ2) is 12.3. The second-order valence-electron chi connectivity index (χ2n) is 9.04. The van der Waals surface area contributed by atoms with Crippen LogP contribution < -0.4 is 0 Å². The van der Waals surface area contributed by atoms with Crippen molar-refractivity contribution in [3.05, 3.63) is 199 Å². The van der Waals surface area contributed by atoms with Crippen molar-refractivity contribution >= 4 is 27.5 Å². The Kier molecular flexibility index (Phi) is 8.04. The first-order chi connectivity index (χ1) is 18.8. The van der Waals surface area contributed by atoms with Crippen LogP contribution in [0.4, 0.5) is 0 Å². The summed E-state index contributed by atoms with van der Waals surface area (Å²) in [5.41, 5.74) is 8.04. The van der Waals surface area contributed by atoms with Crippen LogP contribution in [0.15, 0.2) is 176 Å². The Morgan fingerprint density at radius 1 is 0.316 bits per heavy atom. The predicted molar refractivity (Wildman–Crippen MR) is 165 cm³/mol. The zero-order valence-electron chi connectivity index (χ0n) is 21.4. The van der Waals surface area contributed by atoms with Crippen LogP contribution in [0, 0.1) is 0 Å². The van der Waals surface area contributed by atoms with Crippen LogP contribution in [0.25, 0.3) is 27.5 Å². The molecule has 0 saturated carbocycles. The van der Waals surface area contributed by atoms with E-state index in [9.17, 15) is 0 Å². The van der Waals surface area contributed by atoms with E-state index < -0.39 is 0 Å². The highest BCUT2D eigenvalue weighted by molar-refractivity contribution is 6.17. The van der Waals surface area contributed by atoms with E-state index in [1.807, 2.05) is 6.07 Å². The van der Waals surface area contributed by atoms with Crippen molar-refractivity contribution in [2.45, 2.75) is 0 Å². The van der Waals surface area contributed by atoms with Gasteiger partial charge in [0.25, 0.3) is 0 Å². The lowest BCUT2D eigenvalue weighted by molar-refractivity contribution is 1.53. The van der Waals surface area contributed by atoms with E-state index in [2.05, 4.69) is 170 Å². The molecule has 0 amide bonds. The number of hydrogen-bond acceptors (Lipinski definition) is 0. The molecule has 0 heteroatoms. The Morgan fingerprint density at radius 3 is 0.974 bits per heavy atom. The summed E-state index contributed by atoms with van der Waals surface area (Å²) in [6.07, 6.45) is 0. The second-order valence-corrected chi connectivity index (χ2v) is 9.04. The average Bonchev–Trinajstić information content (AvgIpc) is 3.01. The third kappa shape index (κ3) is 5.88. The van der Waals surface area contributed by atoms with Crippen molar-refractivity contribution in [1.82, 2.24) is 0 Å². The molecule has 0 spiro atoms. The third-order valence-electron chi connectivity index (χ3n) is 6.52. The van der Waals surface area contributed by atoms with Crippen molar-refractivity contribution in [3.63, 3.8) is 0 Å². The zero-order chi connectivity index (χ0) is 26.0. The maximum atomic E-state index is 4.52. The Hall–Kier alpha value is -4.94. The van der Waals surface area contributed by atoms with Crippen LogP contribution >= 0.6 is 0 Å². The van der Waals surface area contributed by atoms with Gasteiger partial charge in [-0.2, -0.15) is 0 Å². The fourth-order valence-corrected chi connectivity index (χ4v) is 4.66. The maximum absolute atomic E-state index is 4.52. The highest BCUT2D eigenvalue weighted by Crippen LogP contribution is 2.39. The van der Waals surface area contributed by atoms with Gasteiger partial charge < -0.3 is 0 Å². The molecule has 0 aliphatic carbocycles. The van der Waals surface area contributed by atoms with Gasteiger partial charge in [-0.1, -0.05) is 176 Å². The van der Waals surface area contributed by atoms with Crippen molar-refractivity contribution in [3.8, 4) is 0 Å². The van der Waals surface area contributed by atoms with Crippen LogP contribution in [-0.4, -0.2) is 0 Å². The molecule has 0 nitrogen and oxygen atoms in total. The van der Waals surface area contributed by atoms with Gasteiger partial charge in [-0.15, -0.1) is 0 Å². The minimum Gasteiger partial charge on any atom is -0.0905 e. The number of hydrogen-bond donors (Lipinski definition) is 0. The number of rotatable bonds is 5. The maximum Gasteiger partial charge on any atom is -0.00268 e. The molecule has 0 heterocycles. The zero-order valence-corrected chi connectivity index (χ0v) is 21.4. The number of fused-ring (bicyclic) bond motifs is 1. The molecule has 0 aliphatic rings. The van der Waals surface area contributed by atoms with Crippen molar-refractivity contribution in [1.29, 1.82) is 0 Å². The molecule has 6 aromatic rings. The molecular formula is C38H30. The monoisotopic (exact) mass is 486 g/mol. The molecular weight excluding hydrogens is 456 g/mol. The molecule has 0 aliphatic heterocycles. The smallest absolute Gasteiger partial charge is 0.00268 e. The van der Waals surface area contributed by atoms with Gasteiger partial charge in [0.15, 0.2) is 0 Å². The molecule has 0 fully saturated rings. The molecule has 0 atom stereocenters. The minimum absolute atomic E-state index is 1.02. The summed E-state index contributed by atoms with van der Waals surface area (Å²) >= 11 is 0. The third-order valence-corrected chi connectivity index (χ3v) is 6.52. The minimum atomic E-state index is 1.02. The van der Waals surface area contributed by atoms with Gasteiger partial charge in [0.1, 0.15) is 0 Å². The van der Waals surface area contributed by atoms with Crippen molar-refractivity contribution in [2.75, 3.05) is 0 Å². The van der Waals surface area contributed by atoms with Crippen LogP contribution in [0.3, 0.4) is 0 Å². The first kappa shape index (κ1) is 24.7. The summed E-state index contributed by atoms with van der Waals surface area (Å²) in [4.78, 5) is 0. The summed E-state index contributed by atoms with van der Waals surface area (Å²) in [6.45, 7) is 4.52. The van der Waals surface area contributed by atoms with E-state index in [1.165, 1.54) is 33.0 Å². The molecule has 0 bridgehead atoms. The standard InChI is InChI=1S/C28H22.C10H8/c1-22(23-14-6-2-7-15-23)27(24-16-8-3-9-17-24)28(25-18-10-4-11-19-25)26-20-12-5-13-21-26;1-2-6-10-8-4-3-7-9(10)5-1/h2-21H,1H2;1-8H. The van der Waals surface area contributed by atoms with E-state index in [-0.39, 0.29) is 0 Å². The van der Waals surface area contributed by atoms with E-state index in [0.29, 0.717) is 0 Å². The largest absolute Gasteiger partial charge is 0.0905 e. The Labute approximate surface area is 225 Å². The van der Waals surface area contributed by atoms with Crippen LogP contribution in [-0.2, 0) is 0 Å². The normalized spacial score (nSPS) is 10.2. The summed E-state index contributed by atoms with van der Waals surface area (Å²) < 4.78 is 0. The molecule has 0 N–H and O–H groups in total. The first-order valence-electron chi connectivity index (χ1n) is 12.9. The molecule has 6 aromatic carbocycles. The van der Waals surface area contributed by atoms with Crippen LogP contribution in [0.1, 0.15) is 22.3 Å². The van der Waals surface area contributed by atoms with E-state index in [0.717, 1.165) is 16.7 Å². The van der Waals surface area contributed by atoms with E-state index in [1.54, 1.807) is 0 Å². The molecule has 182 valence electrons. The summed E-state index contributed by atoms with van der Waals surface area (Å²) in [6, 6.07) is 58.8. The van der Waals surface area contributed by atoms with Gasteiger partial charge in [-0.25, -0.2) is 0 Å². The number of benzene rings is 6. The average molecular weight is 487 g/mol. The number of allylic oxidation sites excluding steroid dienone is 2. The van der Waals surface area contributed by atoms with Gasteiger partial charge in [-0.05, 0) is 49.7 Å². The van der Waals surface area contributed by atoms with Gasteiger partial charge >= 0.3 is 0 Å². The van der Waals surface area contributed by atoms with E-state index >= 15 is 0 Å². The molecule has 0 saturated heterocycles. The Balaban J connectivity index is 0.000000244. The molecule has 0 radical (unpaired) electrons. The van der Waals surface area contributed by atoms with Crippen molar-refractivity contribution in [2.24, 2.45) is 0 Å². The molecule has 0 unspecified atom stereocenters. The Bertz CT molecular complexity index is 1520. The lowest BCUT2D eigenvalue weighted by Crippen LogP contribution is -1.97. The van der Waals surface area contributed by atoms with E-state index in [4.69, 9.17) is 0 Å². The van der Waals surface area contributed by atoms with Crippen LogP contribution in [0.5, 0.6) is 0 Å². The highest BCUT2D eigenvalue weighted by atomic mass is 14.2. The fourth-order valence-electron chi connectivity index (χ4n) is 4.66.